The van der Waals surface area contributed by atoms with E-state index in [1.54, 1.807) is 12.1 Å². The minimum Gasteiger partial charge on any atom is -0.496 e. The molecule has 0 aromatic heterocycles. The summed E-state index contributed by atoms with van der Waals surface area (Å²) in [5.74, 6) is 1.15. The van der Waals surface area contributed by atoms with Crippen LogP contribution in [-0.4, -0.2) is 43.1 Å². The summed E-state index contributed by atoms with van der Waals surface area (Å²) in [6, 6.07) is 4.03. The first-order valence-corrected chi connectivity index (χ1v) is 10.5. The molecule has 28 heavy (non-hydrogen) atoms. The number of rotatable bonds is 5. The van der Waals surface area contributed by atoms with Gasteiger partial charge in [-0.1, -0.05) is 30.9 Å². The van der Waals surface area contributed by atoms with Gasteiger partial charge in [0.05, 0.1) is 23.4 Å². The number of halogens is 2. The van der Waals surface area contributed by atoms with E-state index < -0.39 is 0 Å². The van der Waals surface area contributed by atoms with Crippen LogP contribution in [0.1, 0.15) is 62.2 Å². The topological polar surface area (TPSA) is 67.6 Å². The van der Waals surface area contributed by atoms with E-state index in [2.05, 4.69) is 17.1 Å². The molecule has 0 radical (unpaired) electrons. The maximum atomic E-state index is 12.7. The van der Waals surface area contributed by atoms with Gasteiger partial charge in [-0.2, -0.15) is 0 Å². The van der Waals surface area contributed by atoms with Crippen LogP contribution in [0.15, 0.2) is 12.1 Å². The highest BCUT2D eigenvalue weighted by Crippen LogP contribution is 2.31. The number of carbonyl (C=O) groups is 1. The average molecular weight is 430 g/mol. The highest BCUT2D eigenvalue weighted by molar-refractivity contribution is 6.33. The lowest BCUT2D eigenvalue weighted by Gasteiger charge is -2.40. The SMILES string of the molecule is COc1cc(N)c(Cl)cc1C(=O)NC1CCN(C(C)C2CCCCC2)CC1.Cl. The Bertz CT molecular complexity index is 657. The van der Waals surface area contributed by atoms with Gasteiger partial charge in [0.2, 0.25) is 0 Å². The van der Waals surface area contributed by atoms with Crippen LogP contribution in [0.4, 0.5) is 5.69 Å². The monoisotopic (exact) mass is 429 g/mol. The summed E-state index contributed by atoms with van der Waals surface area (Å²) in [6.07, 6.45) is 8.86. The lowest BCUT2D eigenvalue weighted by Crippen LogP contribution is -2.49. The minimum atomic E-state index is -0.146. The van der Waals surface area contributed by atoms with Crippen molar-refractivity contribution in [1.82, 2.24) is 10.2 Å². The van der Waals surface area contributed by atoms with Gasteiger partial charge in [0.15, 0.2) is 0 Å². The van der Waals surface area contributed by atoms with Gasteiger partial charge in [-0.15, -0.1) is 12.4 Å². The van der Waals surface area contributed by atoms with Gasteiger partial charge >= 0.3 is 0 Å². The summed E-state index contributed by atoms with van der Waals surface area (Å²) in [4.78, 5) is 15.3. The van der Waals surface area contributed by atoms with Gasteiger partial charge < -0.3 is 20.7 Å². The van der Waals surface area contributed by atoms with Crippen LogP contribution in [0, 0.1) is 5.92 Å². The molecule has 3 N–H and O–H groups in total. The summed E-state index contributed by atoms with van der Waals surface area (Å²) in [5.41, 5.74) is 6.66. The second kappa shape index (κ2) is 10.6. The molecule has 3 rings (SSSR count). The number of nitrogen functional groups attached to an aromatic ring is 1. The molecule has 158 valence electrons. The highest BCUT2D eigenvalue weighted by Gasteiger charge is 2.29. The molecule has 1 aliphatic heterocycles. The number of methoxy groups -OCH3 is 1. The predicted molar refractivity (Wildman–Crippen MR) is 118 cm³/mol. The van der Waals surface area contributed by atoms with E-state index in [4.69, 9.17) is 22.1 Å². The van der Waals surface area contributed by atoms with E-state index in [0.717, 1.165) is 31.8 Å². The second-order valence-electron chi connectivity index (χ2n) is 8.00. The van der Waals surface area contributed by atoms with Crippen molar-refractivity contribution in [3.63, 3.8) is 0 Å². The van der Waals surface area contributed by atoms with E-state index in [-0.39, 0.29) is 24.4 Å². The zero-order valence-electron chi connectivity index (χ0n) is 16.9. The minimum absolute atomic E-state index is 0. The van der Waals surface area contributed by atoms with Crippen LogP contribution in [-0.2, 0) is 0 Å². The molecule has 1 amide bonds. The highest BCUT2D eigenvalue weighted by atomic mass is 35.5. The molecule has 5 nitrogen and oxygen atoms in total. The van der Waals surface area contributed by atoms with Gasteiger partial charge in [-0.25, -0.2) is 0 Å². The molecular formula is C21H33Cl2N3O2. The van der Waals surface area contributed by atoms with E-state index in [1.807, 2.05) is 0 Å². The van der Waals surface area contributed by atoms with Gasteiger partial charge in [-0.05, 0) is 44.6 Å². The van der Waals surface area contributed by atoms with E-state index in [0.29, 0.717) is 28.1 Å². The van der Waals surface area contributed by atoms with Crippen molar-refractivity contribution in [2.75, 3.05) is 25.9 Å². The first kappa shape index (κ1) is 23.1. The molecule has 1 atom stereocenters. The molecule has 7 heteroatoms. The zero-order valence-corrected chi connectivity index (χ0v) is 18.5. The number of benzene rings is 1. The molecule has 0 spiro atoms. The fourth-order valence-electron chi connectivity index (χ4n) is 4.54. The van der Waals surface area contributed by atoms with Crippen molar-refractivity contribution in [2.24, 2.45) is 5.92 Å². The third kappa shape index (κ3) is 5.46. The van der Waals surface area contributed by atoms with Crippen LogP contribution in [0.2, 0.25) is 5.02 Å². The normalized spacial score (nSPS) is 20.2. The molecule has 1 aliphatic carbocycles. The second-order valence-corrected chi connectivity index (χ2v) is 8.40. The Labute approximate surface area is 179 Å². The number of hydrogen-bond acceptors (Lipinski definition) is 4. The average Bonchev–Trinajstić information content (AvgIpc) is 2.70. The Kier molecular flexibility index (Phi) is 8.72. The fourth-order valence-corrected chi connectivity index (χ4v) is 4.71. The molecule has 1 saturated heterocycles. The van der Waals surface area contributed by atoms with Gasteiger partial charge in [0.25, 0.3) is 5.91 Å². The summed E-state index contributed by atoms with van der Waals surface area (Å²) >= 11 is 6.09. The maximum Gasteiger partial charge on any atom is 0.255 e. The molecule has 1 aromatic carbocycles. The first-order chi connectivity index (χ1) is 13.0. The van der Waals surface area contributed by atoms with Crippen molar-refractivity contribution in [3.8, 4) is 5.75 Å². The van der Waals surface area contributed by atoms with Crippen LogP contribution in [0.25, 0.3) is 0 Å². The number of anilines is 1. The Morgan fingerprint density at radius 1 is 1.21 bits per heavy atom. The molecule has 0 bridgehead atoms. The molecule has 1 heterocycles. The van der Waals surface area contributed by atoms with Crippen molar-refractivity contribution in [3.05, 3.63) is 22.7 Å². The first-order valence-electron chi connectivity index (χ1n) is 10.2. The number of nitrogens with two attached hydrogens (primary N) is 1. The van der Waals surface area contributed by atoms with Crippen molar-refractivity contribution >= 4 is 35.6 Å². The Morgan fingerprint density at radius 3 is 2.46 bits per heavy atom. The maximum absolute atomic E-state index is 12.7. The Balaban J connectivity index is 0.00000280. The molecule has 1 unspecified atom stereocenters. The summed E-state index contributed by atoms with van der Waals surface area (Å²) in [7, 11) is 1.53. The van der Waals surface area contributed by atoms with Crippen molar-refractivity contribution in [2.45, 2.75) is 64.0 Å². The summed E-state index contributed by atoms with van der Waals surface area (Å²) in [6.45, 7) is 4.47. The van der Waals surface area contributed by atoms with Crippen LogP contribution in [0.3, 0.4) is 0 Å². The number of ether oxygens (including phenoxy) is 1. The van der Waals surface area contributed by atoms with Crippen LogP contribution >= 0.6 is 24.0 Å². The largest absolute Gasteiger partial charge is 0.496 e. The number of likely N-dealkylation sites (tertiary alicyclic amines) is 1. The number of nitrogens with one attached hydrogen (secondary N) is 1. The van der Waals surface area contributed by atoms with Crippen molar-refractivity contribution in [1.29, 1.82) is 0 Å². The number of carbonyl (C=O) groups excluding carboxylic acids is 1. The molecule has 2 fully saturated rings. The smallest absolute Gasteiger partial charge is 0.255 e. The van der Waals surface area contributed by atoms with E-state index in [1.165, 1.54) is 39.2 Å². The summed E-state index contributed by atoms with van der Waals surface area (Å²) in [5, 5.41) is 3.52. The quantitative estimate of drug-likeness (QED) is 0.675. The standard InChI is InChI=1S/C21H32ClN3O2.ClH/c1-14(15-6-4-3-5-7-15)25-10-8-16(9-11-25)24-21(26)17-12-18(22)19(23)13-20(17)27-2;/h12-16H,3-11,23H2,1-2H3,(H,24,26);1H. The van der Waals surface area contributed by atoms with Crippen molar-refractivity contribution < 1.29 is 9.53 Å². The van der Waals surface area contributed by atoms with Crippen LogP contribution in [0.5, 0.6) is 5.75 Å². The molecular weight excluding hydrogens is 397 g/mol. The number of nitrogens with zero attached hydrogens (tertiary/aromatic N) is 1. The third-order valence-corrected chi connectivity index (χ3v) is 6.66. The van der Waals surface area contributed by atoms with Gasteiger partial charge in [0, 0.05) is 31.2 Å². The molecule has 2 aliphatic rings. The molecule has 1 aromatic rings. The van der Waals surface area contributed by atoms with Gasteiger partial charge in [0.1, 0.15) is 5.75 Å². The lowest BCUT2D eigenvalue weighted by molar-refractivity contribution is 0.0820. The third-order valence-electron chi connectivity index (χ3n) is 6.34. The Hall–Kier alpha value is -1.17. The number of amides is 1. The number of hydrogen-bond donors (Lipinski definition) is 2. The van der Waals surface area contributed by atoms with Crippen LogP contribution < -0.4 is 15.8 Å². The zero-order chi connectivity index (χ0) is 19.4. The summed E-state index contributed by atoms with van der Waals surface area (Å²) < 4.78 is 5.30. The van der Waals surface area contributed by atoms with E-state index in [9.17, 15) is 4.79 Å². The Morgan fingerprint density at radius 2 is 1.86 bits per heavy atom. The fraction of sp³-hybridized carbons (Fsp3) is 0.667. The lowest BCUT2D eigenvalue weighted by atomic mass is 9.83. The predicted octanol–water partition coefficient (Wildman–Crippen LogP) is 4.52. The van der Waals surface area contributed by atoms with E-state index >= 15 is 0 Å². The molecule has 1 saturated carbocycles. The van der Waals surface area contributed by atoms with Gasteiger partial charge in [-0.3, -0.25) is 4.79 Å². The number of piperidine rings is 1.